The monoisotopic (exact) mass is 303 g/mol. The van der Waals surface area contributed by atoms with Crippen LogP contribution in [-0.4, -0.2) is 43.5 Å². The Morgan fingerprint density at radius 3 is 2.25 bits per heavy atom. The van der Waals surface area contributed by atoms with Crippen molar-refractivity contribution in [1.29, 1.82) is 0 Å². The van der Waals surface area contributed by atoms with Gasteiger partial charge in [0, 0.05) is 12.2 Å². The summed E-state index contributed by atoms with van der Waals surface area (Å²) in [5.41, 5.74) is 0. The Hall–Kier alpha value is -1.11. The lowest BCUT2D eigenvalue weighted by molar-refractivity contribution is -0.142. The second kappa shape index (κ2) is 5.71. The molecular weight excluding hydrogens is 282 g/mol. The van der Waals surface area contributed by atoms with Crippen LogP contribution < -0.4 is 5.32 Å². The minimum atomic E-state index is -3.23. The maximum absolute atomic E-state index is 12.1. The van der Waals surface area contributed by atoms with Gasteiger partial charge in [-0.1, -0.05) is 12.8 Å². The van der Waals surface area contributed by atoms with Crippen LogP contribution in [0, 0.1) is 17.8 Å². The van der Waals surface area contributed by atoms with Crippen LogP contribution in [0.1, 0.15) is 32.1 Å². The van der Waals surface area contributed by atoms with Crippen LogP contribution in [0.3, 0.4) is 0 Å². The Labute approximate surface area is 118 Å². The highest BCUT2D eigenvalue weighted by Gasteiger charge is 2.55. The second-order valence-electron chi connectivity index (χ2n) is 5.96. The first kappa shape index (κ1) is 15.3. The van der Waals surface area contributed by atoms with Gasteiger partial charge in [-0.3, -0.25) is 4.79 Å². The van der Waals surface area contributed by atoms with Gasteiger partial charge in [-0.25, -0.2) is 13.2 Å². The molecule has 3 atom stereocenters. The lowest BCUT2D eigenvalue weighted by atomic mass is 10.0. The molecule has 2 N–H and O–H groups in total. The van der Waals surface area contributed by atoms with Gasteiger partial charge in [0.25, 0.3) is 0 Å². The van der Waals surface area contributed by atoms with E-state index in [1.807, 2.05) is 0 Å². The molecule has 20 heavy (non-hydrogen) atoms. The van der Waals surface area contributed by atoms with Crippen molar-refractivity contribution in [1.82, 2.24) is 5.32 Å². The van der Waals surface area contributed by atoms with E-state index in [1.165, 1.54) is 0 Å². The molecule has 2 aliphatic rings. The van der Waals surface area contributed by atoms with Gasteiger partial charge >= 0.3 is 5.97 Å². The van der Waals surface area contributed by atoms with E-state index in [4.69, 9.17) is 5.11 Å². The zero-order valence-corrected chi connectivity index (χ0v) is 12.4. The average Bonchev–Trinajstić information content (AvgIpc) is 3.06. The van der Waals surface area contributed by atoms with Crippen molar-refractivity contribution in [3.63, 3.8) is 0 Å². The molecule has 114 valence electrons. The summed E-state index contributed by atoms with van der Waals surface area (Å²) in [4.78, 5) is 23.2. The maximum Gasteiger partial charge on any atom is 0.326 e. The molecule has 0 aromatic rings. The van der Waals surface area contributed by atoms with E-state index in [-0.39, 0.29) is 24.0 Å². The topological polar surface area (TPSA) is 101 Å². The number of carboxylic acid groups (broad SMARTS) is 1. The SMILES string of the molecule is CS(=O)(=O)CCC(NC(=O)C1C2CCCCC21)C(=O)O. The third kappa shape index (κ3) is 3.71. The van der Waals surface area contributed by atoms with E-state index in [0.29, 0.717) is 11.8 Å². The van der Waals surface area contributed by atoms with E-state index in [9.17, 15) is 18.0 Å². The fourth-order valence-electron chi connectivity index (χ4n) is 3.24. The summed E-state index contributed by atoms with van der Waals surface area (Å²) < 4.78 is 22.2. The number of carbonyl (C=O) groups excluding carboxylic acids is 1. The Bertz CT molecular complexity index is 489. The molecular formula is C13H21NO5S. The van der Waals surface area contributed by atoms with Gasteiger partial charge in [0.15, 0.2) is 0 Å². The summed E-state index contributed by atoms with van der Waals surface area (Å²) in [5, 5.41) is 11.6. The van der Waals surface area contributed by atoms with Crippen LogP contribution in [0.2, 0.25) is 0 Å². The van der Waals surface area contributed by atoms with Crippen molar-refractivity contribution in [3.8, 4) is 0 Å². The molecule has 0 spiro atoms. The lowest BCUT2D eigenvalue weighted by Crippen LogP contribution is -2.43. The number of sulfone groups is 1. The Morgan fingerprint density at radius 2 is 1.80 bits per heavy atom. The highest BCUT2D eigenvalue weighted by Crippen LogP contribution is 2.55. The van der Waals surface area contributed by atoms with Crippen LogP contribution >= 0.6 is 0 Å². The molecule has 0 heterocycles. The molecule has 0 aromatic carbocycles. The summed E-state index contributed by atoms with van der Waals surface area (Å²) in [7, 11) is -3.23. The number of hydrogen-bond acceptors (Lipinski definition) is 4. The second-order valence-corrected chi connectivity index (χ2v) is 8.22. The molecule has 0 aliphatic heterocycles. The summed E-state index contributed by atoms with van der Waals surface area (Å²) in [6.07, 6.45) is 5.35. The van der Waals surface area contributed by atoms with Crippen molar-refractivity contribution in [2.24, 2.45) is 17.8 Å². The normalized spacial score (nSPS) is 30.1. The number of nitrogens with one attached hydrogen (secondary N) is 1. The number of amides is 1. The first-order chi connectivity index (χ1) is 9.29. The molecule has 0 bridgehead atoms. The van der Waals surface area contributed by atoms with E-state index in [1.54, 1.807) is 0 Å². The molecule has 2 fully saturated rings. The Balaban J connectivity index is 1.88. The predicted octanol–water partition coefficient (Wildman–Crippen LogP) is 0.427. The van der Waals surface area contributed by atoms with Crippen LogP contribution in [0.25, 0.3) is 0 Å². The van der Waals surface area contributed by atoms with Crippen LogP contribution in [0.15, 0.2) is 0 Å². The highest BCUT2D eigenvalue weighted by molar-refractivity contribution is 7.90. The van der Waals surface area contributed by atoms with E-state index in [2.05, 4.69) is 5.32 Å². The average molecular weight is 303 g/mol. The van der Waals surface area contributed by atoms with Crippen molar-refractivity contribution in [3.05, 3.63) is 0 Å². The minimum Gasteiger partial charge on any atom is -0.480 e. The molecule has 7 heteroatoms. The first-order valence-electron chi connectivity index (χ1n) is 7.00. The third-order valence-electron chi connectivity index (χ3n) is 4.35. The smallest absolute Gasteiger partial charge is 0.326 e. The van der Waals surface area contributed by atoms with Crippen LogP contribution in [-0.2, 0) is 19.4 Å². The van der Waals surface area contributed by atoms with Crippen LogP contribution in [0.5, 0.6) is 0 Å². The number of fused-ring (bicyclic) bond motifs is 1. The van der Waals surface area contributed by atoms with Crippen molar-refractivity contribution in [2.45, 2.75) is 38.1 Å². The highest BCUT2D eigenvalue weighted by atomic mass is 32.2. The number of hydrogen-bond donors (Lipinski definition) is 2. The van der Waals surface area contributed by atoms with Crippen molar-refractivity contribution in [2.75, 3.05) is 12.0 Å². The van der Waals surface area contributed by atoms with Crippen molar-refractivity contribution < 1.29 is 23.1 Å². The fraction of sp³-hybridized carbons (Fsp3) is 0.846. The molecule has 2 saturated carbocycles. The zero-order valence-electron chi connectivity index (χ0n) is 11.5. The van der Waals surface area contributed by atoms with Crippen molar-refractivity contribution >= 4 is 21.7 Å². The third-order valence-corrected chi connectivity index (χ3v) is 5.33. The quantitative estimate of drug-likeness (QED) is 0.741. The first-order valence-corrected chi connectivity index (χ1v) is 9.06. The lowest BCUT2D eigenvalue weighted by Gasteiger charge is -2.14. The summed E-state index contributed by atoms with van der Waals surface area (Å²) in [5.74, 6) is -0.867. The van der Waals surface area contributed by atoms with Gasteiger partial charge in [0.05, 0.1) is 5.75 Å². The van der Waals surface area contributed by atoms with Gasteiger partial charge < -0.3 is 10.4 Å². The summed E-state index contributed by atoms with van der Waals surface area (Å²) >= 11 is 0. The largest absolute Gasteiger partial charge is 0.480 e. The van der Waals surface area contributed by atoms with Gasteiger partial charge in [-0.15, -0.1) is 0 Å². The molecule has 0 aromatic heterocycles. The number of carboxylic acids is 1. The molecule has 2 rings (SSSR count). The van der Waals surface area contributed by atoms with Gasteiger partial charge in [0.1, 0.15) is 15.9 Å². The zero-order chi connectivity index (χ0) is 14.9. The number of aliphatic carboxylic acids is 1. The number of rotatable bonds is 6. The van der Waals surface area contributed by atoms with Gasteiger partial charge in [0.2, 0.25) is 5.91 Å². The Morgan fingerprint density at radius 1 is 1.25 bits per heavy atom. The van der Waals surface area contributed by atoms with Crippen LogP contribution in [0.4, 0.5) is 0 Å². The predicted molar refractivity (Wildman–Crippen MR) is 72.8 cm³/mol. The van der Waals surface area contributed by atoms with Gasteiger partial charge in [-0.2, -0.15) is 0 Å². The molecule has 2 aliphatic carbocycles. The molecule has 3 unspecified atom stereocenters. The van der Waals surface area contributed by atoms with E-state index >= 15 is 0 Å². The molecule has 6 nitrogen and oxygen atoms in total. The van der Waals surface area contributed by atoms with Gasteiger partial charge in [-0.05, 0) is 31.1 Å². The summed E-state index contributed by atoms with van der Waals surface area (Å²) in [6, 6.07) is -1.11. The standard InChI is InChI=1S/C13H21NO5S/c1-20(18,19)7-6-10(13(16)17)14-12(15)11-8-4-2-3-5-9(8)11/h8-11H,2-7H2,1H3,(H,14,15)(H,16,17). The summed E-state index contributed by atoms with van der Waals surface area (Å²) in [6.45, 7) is 0. The maximum atomic E-state index is 12.1. The van der Waals surface area contributed by atoms with E-state index < -0.39 is 21.8 Å². The Kier molecular flexibility index (Phi) is 4.36. The fourth-order valence-corrected chi connectivity index (χ4v) is 3.90. The minimum absolute atomic E-state index is 0.0578. The molecule has 1 amide bonds. The molecule has 0 radical (unpaired) electrons. The molecule has 0 saturated heterocycles. The number of carbonyl (C=O) groups is 2. The van der Waals surface area contributed by atoms with E-state index in [0.717, 1.165) is 31.9 Å².